The Balaban J connectivity index is 1.54. The molecular formula is C10H14O5S. The first-order valence-electron chi connectivity index (χ1n) is 5.80. The van der Waals surface area contributed by atoms with Crippen molar-refractivity contribution in [1.82, 2.24) is 0 Å². The average molecular weight is 246 g/mol. The van der Waals surface area contributed by atoms with Crippen molar-refractivity contribution in [2.24, 2.45) is 11.8 Å². The van der Waals surface area contributed by atoms with Crippen LogP contribution in [0.4, 0.5) is 0 Å². The van der Waals surface area contributed by atoms with E-state index >= 15 is 0 Å². The first kappa shape index (κ1) is 9.82. The molecule has 6 heteroatoms. The fourth-order valence-corrected chi connectivity index (χ4v) is 5.38. The van der Waals surface area contributed by atoms with Crippen molar-refractivity contribution < 1.29 is 22.1 Å². The molecule has 6 atom stereocenters. The highest BCUT2D eigenvalue weighted by Crippen LogP contribution is 2.55. The van der Waals surface area contributed by atoms with E-state index in [9.17, 15) is 8.42 Å². The Labute approximate surface area is 94.2 Å². The lowest BCUT2D eigenvalue weighted by atomic mass is 9.94. The van der Waals surface area contributed by atoms with Gasteiger partial charge in [-0.1, -0.05) is 0 Å². The van der Waals surface area contributed by atoms with Crippen LogP contribution in [-0.2, 0) is 23.8 Å². The van der Waals surface area contributed by atoms with Crippen LogP contribution in [0.5, 0.6) is 0 Å². The summed E-state index contributed by atoms with van der Waals surface area (Å²) in [6.45, 7) is 1.35. The van der Waals surface area contributed by atoms with Crippen molar-refractivity contribution in [1.29, 1.82) is 0 Å². The molecule has 2 aliphatic heterocycles. The van der Waals surface area contributed by atoms with E-state index in [1.807, 2.05) is 0 Å². The van der Waals surface area contributed by atoms with Gasteiger partial charge in [0.05, 0.1) is 24.6 Å². The Kier molecular flexibility index (Phi) is 1.83. The lowest BCUT2D eigenvalue weighted by Crippen LogP contribution is -2.36. The summed E-state index contributed by atoms with van der Waals surface area (Å²) in [6, 6.07) is 0. The quantitative estimate of drug-likeness (QED) is 0.514. The van der Waals surface area contributed by atoms with Crippen molar-refractivity contribution in [3.63, 3.8) is 0 Å². The molecule has 2 bridgehead atoms. The van der Waals surface area contributed by atoms with Crippen LogP contribution < -0.4 is 0 Å². The van der Waals surface area contributed by atoms with Gasteiger partial charge >= 0.3 is 0 Å². The van der Waals surface area contributed by atoms with Crippen molar-refractivity contribution in [3.8, 4) is 0 Å². The Hall–Kier alpha value is -0.170. The SMILES string of the molecule is O=S1(=O)OC2C3CC(CC31)C2OCC1CO1. The second-order valence-electron chi connectivity index (χ2n) is 5.24. The smallest absolute Gasteiger partial charge is 0.270 e. The lowest BCUT2D eigenvalue weighted by molar-refractivity contribution is -0.0422. The van der Waals surface area contributed by atoms with E-state index in [-0.39, 0.29) is 29.5 Å². The maximum atomic E-state index is 11.7. The molecule has 90 valence electrons. The minimum absolute atomic E-state index is 0.0253. The van der Waals surface area contributed by atoms with Gasteiger partial charge < -0.3 is 9.47 Å². The van der Waals surface area contributed by atoms with Gasteiger partial charge in [0.25, 0.3) is 10.1 Å². The molecule has 2 heterocycles. The Bertz CT molecular complexity index is 415. The third-order valence-electron chi connectivity index (χ3n) is 4.29. The van der Waals surface area contributed by atoms with Crippen LogP contribution >= 0.6 is 0 Å². The number of rotatable bonds is 3. The summed E-state index contributed by atoms with van der Waals surface area (Å²) in [5, 5.41) is -0.250. The lowest BCUT2D eigenvalue weighted by Gasteiger charge is -2.24. The summed E-state index contributed by atoms with van der Waals surface area (Å²) < 4.78 is 39.4. The molecular weight excluding hydrogens is 232 g/mol. The first-order valence-corrected chi connectivity index (χ1v) is 7.27. The van der Waals surface area contributed by atoms with Crippen molar-refractivity contribution in [2.75, 3.05) is 13.2 Å². The van der Waals surface area contributed by atoms with E-state index in [0.29, 0.717) is 12.5 Å². The summed E-state index contributed by atoms with van der Waals surface area (Å²) >= 11 is 0. The minimum atomic E-state index is -3.30. The van der Waals surface area contributed by atoms with Crippen molar-refractivity contribution in [3.05, 3.63) is 0 Å². The zero-order valence-electron chi connectivity index (χ0n) is 8.74. The Morgan fingerprint density at radius 3 is 2.88 bits per heavy atom. The molecule has 4 rings (SSSR count). The van der Waals surface area contributed by atoms with Gasteiger partial charge in [-0.3, -0.25) is 4.18 Å². The van der Waals surface area contributed by atoms with Crippen LogP contribution in [-0.4, -0.2) is 45.2 Å². The molecule has 2 aliphatic carbocycles. The largest absolute Gasteiger partial charge is 0.372 e. The van der Waals surface area contributed by atoms with Crippen LogP contribution in [0.15, 0.2) is 0 Å². The van der Waals surface area contributed by atoms with Crippen molar-refractivity contribution >= 4 is 10.1 Å². The summed E-state index contributed by atoms with van der Waals surface area (Å²) in [6.07, 6.45) is 1.66. The van der Waals surface area contributed by atoms with Crippen LogP contribution in [0.25, 0.3) is 0 Å². The zero-order chi connectivity index (χ0) is 10.9. The first-order chi connectivity index (χ1) is 7.65. The van der Waals surface area contributed by atoms with Crippen LogP contribution in [0, 0.1) is 11.8 Å². The Morgan fingerprint density at radius 1 is 1.31 bits per heavy atom. The standard InChI is InChI=1S/C10H14O5S/c11-16(12)8-2-5-1-7(8)10(15-16)9(5)14-4-6-3-13-6/h5-10H,1-4H2. The highest BCUT2D eigenvalue weighted by atomic mass is 32.2. The van der Waals surface area contributed by atoms with Gasteiger partial charge in [-0.25, -0.2) is 0 Å². The van der Waals surface area contributed by atoms with Crippen LogP contribution in [0.2, 0.25) is 0 Å². The number of hydrogen-bond acceptors (Lipinski definition) is 5. The molecule has 0 aromatic heterocycles. The van der Waals surface area contributed by atoms with E-state index < -0.39 is 10.1 Å². The summed E-state index contributed by atoms with van der Waals surface area (Å²) in [4.78, 5) is 0. The molecule has 4 aliphatic rings. The molecule has 16 heavy (non-hydrogen) atoms. The molecule has 0 amide bonds. The fraction of sp³-hybridized carbons (Fsp3) is 1.00. The van der Waals surface area contributed by atoms with Gasteiger partial charge in [-0.05, 0) is 18.8 Å². The number of ether oxygens (including phenoxy) is 2. The minimum Gasteiger partial charge on any atom is -0.372 e. The molecule has 0 N–H and O–H groups in total. The highest BCUT2D eigenvalue weighted by Gasteiger charge is 2.64. The van der Waals surface area contributed by atoms with Crippen LogP contribution in [0.3, 0.4) is 0 Å². The van der Waals surface area contributed by atoms with E-state index in [1.165, 1.54) is 0 Å². The molecule has 0 radical (unpaired) electrons. The monoisotopic (exact) mass is 246 g/mol. The normalized spacial score (nSPS) is 55.8. The molecule has 2 saturated heterocycles. The zero-order valence-corrected chi connectivity index (χ0v) is 9.56. The molecule has 0 aromatic carbocycles. The number of fused-ring (bicyclic) bond motifs is 1. The average Bonchev–Trinajstić information content (AvgIpc) is 2.80. The molecule has 5 nitrogen and oxygen atoms in total. The second-order valence-corrected chi connectivity index (χ2v) is 7.02. The number of epoxide rings is 1. The molecule has 2 saturated carbocycles. The van der Waals surface area contributed by atoms with Crippen molar-refractivity contribution in [2.45, 2.75) is 36.4 Å². The predicted molar refractivity (Wildman–Crippen MR) is 53.3 cm³/mol. The Morgan fingerprint density at radius 2 is 2.12 bits per heavy atom. The van der Waals surface area contributed by atoms with Gasteiger partial charge in [-0.15, -0.1) is 0 Å². The van der Waals surface area contributed by atoms with Gasteiger partial charge in [0, 0.05) is 5.92 Å². The van der Waals surface area contributed by atoms with E-state index in [0.717, 1.165) is 19.4 Å². The van der Waals surface area contributed by atoms with Gasteiger partial charge in [0.1, 0.15) is 12.2 Å². The maximum Gasteiger partial charge on any atom is 0.270 e. The van der Waals surface area contributed by atoms with E-state index in [4.69, 9.17) is 13.7 Å². The highest BCUT2D eigenvalue weighted by molar-refractivity contribution is 7.87. The van der Waals surface area contributed by atoms with Gasteiger partial charge in [0.15, 0.2) is 0 Å². The summed E-state index contributed by atoms with van der Waals surface area (Å²) in [7, 11) is -3.30. The van der Waals surface area contributed by atoms with E-state index in [2.05, 4.69) is 0 Å². The molecule has 6 unspecified atom stereocenters. The number of hydrogen-bond donors (Lipinski definition) is 0. The molecule has 0 spiro atoms. The third kappa shape index (κ3) is 1.24. The molecule has 0 aromatic rings. The second kappa shape index (κ2) is 2.98. The summed E-state index contributed by atoms with van der Waals surface area (Å²) in [5.74, 6) is 0.552. The van der Waals surface area contributed by atoms with Gasteiger partial charge in [0.2, 0.25) is 0 Å². The van der Waals surface area contributed by atoms with Crippen LogP contribution in [0.1, 0.15) is 12.8 Å². The molecule has 4 fully saturated rings. The topological polar surface area (TPSA) is 65.1 Å². The fourth-order valence-electron chi connectivity index (χ4n) is 3.49. The third-order valence-corrected chi connectivity index (χ3v) is 6.06. The maximum absolute atomic E-state index is 11.7. The van der Waals surface area contributed by atoms with Gasteiger partial charge in [-0.2, -0.15) is 8.42 Å². The summed E-state index contributed by atoms with van der Waals surface area (Å²) in [5.41, 5.74) is 0. The van der Waals surface area contributed by atoms with E-state index in [1.54, 1.807) is 0 Å². The predicted octanol–water partition coefficient (Wildman–Crippen LogP) is -0.0926.